The first-order valence-electron chi connectivity index (χ1n) is 6.80. The molecule has 1 N–H and O–H groups in total. The lowest BCUT2D eigenvalue weighted by molar-refractivity contribution is -0.123. The number of benzene rings is 1. The maximum atomic E-state index is 12.7. The highest BCUT2D eigenvalue weighted by molar-refractivity contribution is 5.79. The van der Waals surface area contributed by atoms with Crippen molar-refractivity contribution in [3.63, 3.8) is 0 Å². The van der Waals surface area contributed by atoms with Crippen LogP contribution in [0.2, 0.25) is 0 Å². The van der Waals surface area contributed by atoms with Crippen molar-refractivity contribution in [3.05, 3.63) is 48.8 Å². The Morgan fingerprint density at radius 1 is 1.43 bits per heavy atom. The third kappa shape index (κ3) is 4.59. The van der Waals surface area contributed by atoms with Crippen LogP contribution in [-0.4, -0.2) is 28.6 Å². The molecule has 0 aliphatic carbocycles. The number of halogens is 1. The third-order valence-corrected chi connectivity index (χ3v) is 3.05. The molecule has 21 heavy (non-hydrogen) atoms. The van der Waals surface area contributed by atoms with Crippen molar-refractivity contribution >= 4 is 5.91 Å². The van der Waals surface area contributed by atoms with Crippen LogP contribution < -0.4 is 10.1 Å². The summed E-state index contributed by atoms with van der Waals surface area (Å²) in [6.45, 7) is 2.80. The van der Waals surface area contributed by atoms with Gasteiger partial charge in [0.05, 0.1) is 12.9 Å². The highest BCUT2D eigenvalue weighted by atomic mass is 19.1. The number of amides is 1. The summed E-state index contributed by atoms with van der Waals surface area (Å²) in [5.74, 6) is 0.271. The normalized spacial score (nSPS) is 11.9. The van der Waals surface area contributed by atoms with Gasteiger partial charge in [-0.15, -0.1) is 0 Å². The van der Waals surface area contributed by atoms with E-state index in [2.05, 4.69) is 10.3 Å². The van der Waals surface area contributed by atoms with E-state index in [-0.39, 0.29) is 17.8 Å². The summed E-state index contributed by atoms with van der Waals surface area (Å²) in [5.41, 5.74) is 0. The Morgan fingerprint density at radius 2 is 2.19 bits per heavy atom. The summed E-state index contributed by atoms with van der Waals surface area (Å²) >= 11 is 0. The van der Waals surface area contributed by atoms with E-state index in [0.717, 1.165) is 0 Å². The van der Waals surface area contributed by atoms with E-state index in [1.807, 2.05) is 6.92 Å². The molecule has 0 aliphatic heterocycles. The number of hydrogen-bond acceptors (Lipinski definition) is 3. The number of nitrogens with one attached hydrogen (secondary N) is 1. The van der Waals surface area contributed by atoms with E-state index in [1.165, 1.54) is 12.1 Å². The molecule has 1 atom stereocenters. The molecule has 6 heteroatoms. The van der Waals surface area contributed by atoms with E-state index >= 15 is 0 Å². The van der Waals surface area contributed by atoms with Crippen LogP contribution in [0.15, 0.2) is 43.0 Å². The zero-order valence-electron chi connectivity index (χ0n) is 11.8. The number of rotatable bonds is 7. The molecule has 5 nitrogen and oxygen atoms in total. The third-order valence-electron chi connectivity index (χ3n) is 3.05. The Morgan fingerprint density at radius 3 is 2.86 bits per heavy atom. The van der Waals surface area contributed by atoms with Crippen LogP contribution in [0.5, 0.6) is 5.75 Å². The molecule has 0 radical (unpaired) electrons. The highest BCUT2D eigenvalue weighted by Gasteiger charge is 2.12. The van der Waals surface area contributed by atoms with Crippen LogP contribution in [0.3, 0.4) is 0 Å². The molecule has 112 valence electrons. The first kappa shape index (κ1) is 15.0. The minimum atomic E-state index is -0.289. The second-order valence-electron chi connectivity index (χ2n) is 4.63. The first-order chi connectivity index (χ1) is 10.2. The predicted octanol–water partition coefficient (Wildman–Crippen LogP) is 2.17. The lowest BCUT2D eigenvalue weighted by Gasteiger charge is -2.13. The summed E-state index contributed by atoms with van der Waals surface area (Å²) in [7, 11) is 0. The Balaban J connectivity index is 1.63. The number of imidazole rings is 1. The molecule has 0 fully saturated rings. The molecule has 0 bridgehead atoms. The molecule has 2 aromatic rings. The van der Waals surface area contributed by atoms with Crippen molar-refractivity contribution in [2.24, 2.45) is 0 Å². The smallest absolute Gasteiger partial charge is 0.242 e. The average molecular weight is 291 g/mol. The molecule has 1 amide bonds. The minimum absolute atomic E-state index is 0.0604. The van der Waals surface area contributed by atoms with Gasteiger partial charge in [-0.3, -0.25) is 4.79 Å². The van der Waals surface area contributed by atoms with Gasteiger partial charge in [-0.2, -0.15) is 0 Å². The maximum absolute atomic E-state index is 12.7. The number of carbonyl (C=O) groups excluding carboxylic acids is 1. The summed E-state index contributed by atoms with van der Waals surface area (Å²) in [6.07, 6.45) is 5.68. The molecular weight excluding hydrogens is 273 g/mol. The van der Waals surface area contributed by atoms with Crippen LogP contribution in [0.25, 0.3) is 0 Å². The van der Waals surface area contributed by atoms with E-state index < -0.39 is 0 Å². The van der Waals surface area contributed by atoms with Gasteiger partial charge in [0.1, 0.15) is 17.6 Å². The SMILES string of the molecule is C[C@H](C(=O)NCCCOc1ccc(F)cc1)n1ccnc1. The monoisotopic (exact) mass is 291 g/mol. The molecular formula is C15H18FN3O2. The van der Waals surface area contributed by atoms with Gasteiger partial charge < -0.3 is 14.6 Å². The van der Waals surface area contributed by atoms with Gasteiger partial charge in [0, 0.05) is 18.9 Å². The van der Waals surface area contributed by atoms with Crippen LogP contribution in [-0.2, 0) is 4.79 Å². The van der Waals surface area contributed by atoms with Crippen LogP contribution in [0, 0.1) is 5.82 Å². The largest absolute Gasteiger partial charge is 0.494 e. The Bertz CT molecular complexity index is 555. The van der Waals surface area contributed by atoms with Crippen molar-refractivity contribution < 1.29 is 13.9 Å². The fraction of sp³-hybridized carbons (Fsp3) is 0.333. The molecule has 0 unspecified atom stereocenters. The van der Waals surface area contributed by atoms with E-state index in [4.69, 9.17) is 4.74 Å². The Labute approximate surface area is 122 Å². The van der Waals surface area contributed by atoms with Crippen molar-refractivity contribution in [2.75, 3.05) is 13.2 Å². The predicted molar refractivity (Wildman–Crippen MR) is 76.5 cm³/mol. The number of hydrogen-bond donors (Lipinski definition) is 1. The van der Waals surface area contributed by atoms with Crippen molar-refractivity contribution in [1.82, 2.24) is 14.9 Å². The van der Waals surface area contributed by atoms with Gasteiger partial charge in [0.2, 0.25) is 5.91 Å². The van der Waals surface area contributed by atoms with Crippen LogP contribution in [0.1, 0.15) is 19.4 Å². The van der Waals surface area contributed by atoms with Crippen molar-refractivity contribution in [3.8, 4) is 5.75 Å². The number of ether oxygens (including phenoxy) is 1. The number of aromatic nitrogens is 2. The summed E-state index contributed by atoms with van der Waals surface area (Å²) < 4.78 is 19.9. The van der Waals surface area contributed by atoms with Crippen molar-refractivity contribution in [1.29, 1.82) is 0 Å². The maximum Gasteiger partial charge on any atom is 0.242 e. The van der Waals surface area contributed by atoms with Gasteiger partial charge in [0.15, 0.2) is 0 Å². The highest BCUT2D eigenvalue weighted by Crippen LogP contribution is 2.11. The zero-order valence-corrected chi connectivity index (χ0v) is 11.8. The van der Waals surface area contributed by atoms with E-state index in [1.54, 1.807) is 35.4 Å². The molecule has 1 aromatic heterocycles. The van der Waals surface area contributed by atoms with Gasteiger partial charge in [0.25, 0.3) is 0 Å². The molecule has 2 rings (SSSR count). The topological polar surface area (TPSA) is 56.1 Å². The summed E-state index contributed by atoms with van der Waals surface area (Å²) in [5, 5.41) is 2.84. The summed E-state index contributed by atoms with van der Waals surface area (Å²) in [4.78, 5) is 15.8. The Hall–Kier alpha value is -2.37. The average Bonchev–Trinajstić information content (AvgIpc) is 3.02. The first-order valence-corrected chi connectivity index (χ1v) is 6.80. The minimum Gasteiger partial charge on any atom is -0.494 e. The van der Waals surface area contributed by atoms with Gasteiger partial charge in [-0.05, 0) is 37.6 Å². The molecule has 0 saturated heterocycles. The fourth-order valence-corrected chi connectivity index (χ4v) is 1.79. The van der Waals surface area contributed by atoms with Gasteiger partial charge >= 0.3 is 0 Å². The van der Waals surface area contributed by atoms with E-state index in [0.29, 0.717) is 25.3 Å². The van der Waals surface area contributed by atoms with E-state index in [9.17, 15) is 9.18 Å². The second-order valence-corrected chi connectivity index (χ2v) is 4.63. The van der Waals surface area contributed by atoms with Crippen LogP contribution in [0.4, 0.5) is 4.39 Å². The molecule has 0 saturated carbocycles. The Kier molecular flexibility index (Phi) is 5.31. The molecule has 0 aliphatic rings. The fourth-order valence-electron chi connectivity index (χ4n) is 1.79. The zero-order chi connectivity index (χ0) is 15.1. The number of carbonyl (C=O) groups is 1. The van der Waals surface area contributed by atoms with Crippen molar-refractivity contribution in [2.45, 2.75) is 19.4 Å². The standard InChI is InChI=1S/C15H18FN3O2/c1-12(19-9-8-17-11-19)15(20)18-7-2-10-21-14-5-3-13(16)4-6-14/h3-6,8-9,11-12H,2,7,10H2,1H3,(H,18,20)/t12-/m1/s1. The lowest BCUT2D eigenvalue weighted by Crippen LogP contribution is -2.31. The molecule has 0 spiro atoms. The van der Waals surface area contributed by atoms with Gasteiger partial charge in [-0.1, -0.05) is 0 Å². The van der Waals surface area contributed by atoms with Crippen LogP contribution >= 0.6 is 0 Å². The van der Waals surface area contributed by atoms with Gasteiger partial charge in [-0.25, -0.2) is 9.37 Å². The quantitative estimate of drug-likeness (QED) is 0.795. The summed E-state index contributed by atoms with van der Waals surface area (Å²) in [6, 6.07) is 5.57. The molecule has 1 heterocycles. The second kappa shape index (κ2) is 7.42. The number of nitrogens with zero attached hydrogens (tertiary/aromatic N) is 2. The molecule has 1 aromatic carbocycles. The lowest BCUT2D eigenvalue weighted by atomic mass is 10.3.